The highest BCUT2D eigenvalue weighted by molar-refractivity contribution is 5.79. The maximum Gasteiger partial charge on any atom is 0.407 e. The zero-order chi connectivity index (χ0) is 23.2. The van der Waals surface area contributed by atoms with E-state index in [2.05, 4.69) is 29.6 Å². The molecule has 0 spiro atoms. The third-order valence-electron chi connectivity index (χ3n) is 5.59. The maximum atomic E-state index is 12.2. The minimum absolute atomic E-state index is 0.0203. The average molecular weight is 444 g/mol. The number of rotatable bonds is 8. The molecule has 1 amide bonds. The fraction of sp³-hybridized carbons (Fsp3) is 0.192. The molecule has 33 heavy (non-hydrogen) atoms. The second kappa shape index (κ2) is 9.99. The number of carbonyl (C=O) groups is 1. The second-order valence-corrected chi connectivity index (χ2v) is 7.66. The zero-order valence-corrected chi connectivity index (χ0v) is 18.2. The van der Waals surface area contributed by atoms with Crippen molar-refractivity contribution in [1.82, 2.24) is 5.32 Å². The molecule has 3 aromatic rings. The molecule has 0 fully saturated rings. The van der Waals surface area contributed by atoms with Gasteiger partial charge >= 0.3 is 6.09 Å². The van der Waals surface area contributed by atoms with Crippen LogP contribution in [-0.4, -0.2) is 31.3 Å². The minimum Gasteiger partial charge on any atom is -0.496 e. The third kappa shape index (κ3) is 5.03. The van der Waals surface area contributed by atoms with Crippen LogP contribution in [0.15, 0.2) is 72.8 Å². The molecular formula is C26H24N2O5. The number of nitro groups is 1. The summed E-state index contributed by atoms with van der Waals surface area (Å²) < 4.78 is 10.6. The Kier molecular flexibility index (Phi) is 6.69. The van der Waals surface area contributed by atoms with Gasteiger partial charge in [0.25, 0.3) is 5.69 Å². The fourth-order valence-corrected chi connectivity index (χ4v) is 4.05. The molecule has 3 aromatic carbocycles. The molecule has 1 N–H and O–H groups in total. The first-order valence-electron chi connectivity index (χ1n) is 10.7. The van der Waals surface area contributed by atoms with E-state index in [1.807, 2.05) is 30.3 Å². The number of nitrogens with one attached hydrogen (secondary N) is 1. The number of nitrogens with zero attached hydrogens (tertiary/aromatic N) is 1. The van der Waals surface area contributed by atoms with Crippen LogP contribution in [0.4, 0.5) is 10.5 Å². The maximum absolute atomic E-state index is 12.2. The van der Waals surface area contributed by atoms with Crippen LogP contribution in [0.3, 0.4) is 0 Å². The number of benzene rings is 3. The third-order valence-corrected chi connectivity index (χ3v) is 5.59. The van der Waals surface area contributed by atoms with Crippen LogP contribution < -0.4 is 10.1 Å². The van der Waals surface area contributed by atoms with E-state index in [0.29, 0.717) is 24.3 Å². The molecule has 0 aromatic heterocycles. The number of methoxy groups -OCH3 is 1. The van der Waals surface area contributed by atoms with Gasteiger partial charge in [-0.25, -0.2) is 4.79 Å². The van der Waals surface area contributed by atoms with E-state index < -0.39 is 11.0 Å². The molecule has 7 heteroatoms. The SMILES string of the molecule is COc1cc(C=CCCNC(=O)OCC2c3ccccc3-c3ccccc32)cc([N+](=O)[O-])c1. The van der Waals surface area contributed by atoms with Gasteiger partial charge in [0.05, 0.1) is 18.1 Å². The summed E-state index contributed by atoms with van der Waals surface area (Å²) in [6.45, 7) is 0.655. The number of nitro benzene ring substituents is 1. The van der Waals surface area contributed by atoms with Gasteiger partial charge in [0.15, 0.2) is 0 Å². The van der Waals surface area contributed by atoms with Crippen LogP contribution >= 0.6 is 0 Å². The van der Waals surface area contributed by atoms with Gasteiger partial charge in [-0.15, -0.1) is 0 Å². The van der Waals surface area contributed by atoms with Crippen LogP contribution in [0.5, 0.6) is 5.75 Å². The number of alkyl carbamates (subject to hydrolysis) is 1. The van der Waals surface area contributed by atoms with E-state index in [0.717, 1.165) is 0 Å². The summed E-state index contributed by atoms with van der Waals surface area (Å²) in [6.07, 6.45) is 3.68. The lowest BCUT2D eigenvalue weighted by molar-refractivity contribution is -0.384. The van der Waals surface area contributed by atoms with Gasteiger partial charge < -0.3 is 14.8 Å². The van der Waals surface area contributed by atoms with Gasteiger partial charge in [-0.05, 0) is 40.3 Å². The highest BCUT2D eigenvalue weighted by atomic mass is 16.6. The first-order chi connectivity index (χ1) is 16.1. The van der Waals surface area contributed by atoms with Gasteiger partial charge in [0.2, 0.25) is 0 Å². The van der Waals surface area contributed by atoms with Crippen molar-refractivity contribution in [2.24, 2.45) is 0 Å². The lowest BCUT2D eigenvalue weighted by Gasteiger charge is -2.14. The summed E-state index contributed by atoms with van der Waals surface area (Å²) in [6, 6.07) is 20.9. The van der Waals surface area contributed by atoms with Crippen LogP contribution in [0.1, 0.15) is 29.0 Å². The van der Waals surface area contributed by atoms with Crippen LogP contribution in [0, 0.1) is 10.1 Å². The molecular weight excluding hydrogens is 420 g/mol. The molecule has 168 valence electrons. The van der Waals surface area contributed by atoms with E-state index in [4.69, 9.17) is 9.47 Å². The second-order valence-electron chi connectivity index (χ2n) is 7.66. The van der Waals surface area contributed by atoms with Crippen molar-refractivity contribution in [3.63, 3.8) is 0 Å². The number of hydrogen-bond donors (Lipinski definition) is 1. The zero-order valence-electron chi connectivity index (χ0n) is 18.2. The largest absolute Gasteiger partial charge is 0.496 e. The van der Waals surface area contributed by atoms with Crippen LogP contribution in [0.25, 0.3) is 17.2 Å². The first kappa shape index (κ1) is 22.1. The van der Waals surface area contributed by atoms with E-state index in [1.54, 1.807) is 12.1 Å². The van der Waals surface area contributed by atoms with E-state index in [9.17, 15) is 14.9 Å². The Balaban J connectivity index is 1.28. The lowest BCUT2D eigenvalue weighted by Crippen LogP contribution is -2.26. The van der Waals surface area contributed by atoms with Crippen molar-refractivity contribution in [2.45, 2.75) is 12.3 Å². The molecule has 0 heterocycles. The summed E-state index contributed by atoms with van der Waals surface area (Å²) in [5.41, 5.74) is 5.33. The lowest BCUT2D eigenvalue weighted by atomic mass is 9.98. The predicted molar refractivity (Wildman–Crippen MR) is 126 cm³/mol. The highest BCUT2D eigenvalue weighted by Gasteiger charge is 2.28. The Labute approximate surface area is 191 Å². The molecule has 4 rings (SSSR count). The van der Waals surface area contributed by atoms with Gasteiger partial charge in [0.1, 0.15) is 12.4 Å². The topological polar surface area (TPSA) is 90.7 Å². The molecule has 0 atom stereocenters. The summed E-state index contributed by atoms with van der Waals surface area (Å²) >= 11 is 0. The van der Waals surface area contributed by atoms with Crippen molar-refractivity contribution in [3.8, 4) is 16.9 Å². The molecule has 0 aliphatic heterocycles. The minimum atomic E-state index is -0.470. The van der Waals surface area contributed by atoms with Crippen molar-refractivity contribution in [2.75, 3.05) is 20.3 Å². The molecule has 1 aliphatic carbocycles. The predicted octanol–water partition coefficient (Wildman–Crippen LogP) is 5.55. The van der Waals surface area contributed by atoms with Crippen molar-refractivity contribution < 1.29 is 19.2 Å². The number of ether oxygens (including phenoxy) is 2. The fourth-order valence-electron chi connectivity index (χ4n) is 4.05. The summed E-state index contributed by atoms with van der Waals surface area (Å²) in [5.74, 6) is 0.438. The molecule has 0 saturated heterocycles. The van der Waals surface area contributed by atoms with Crippen LogP contribution in [-0.2, 0) is 4.74 Å². The number of hydrogen-bond acceptors (Lipinski definition) is 5. The molecule has 0 saturated carbocycles. The van der Waals surface area contributed by atoms with Crippen molar-refractivity contribution in [3.05, 3.63) is 99.6 Å². The van der Waals surface area contributed by atoms with E-state index in [-0.39, 0.29) is 18.2 Å². The normalized spacial score (nSPS) is 12.3. The highest BCUT2D eigenvalue weighted by Crippen LogP contribution is 2.44. The molecule has 0 unspecified atom stereocenters. The Morgan fingerprint density at radius 3 is 2.36 bits per heavy atom. The van der Waals surface area contributed by atoms with Gasteiger partial charge in [-0.3, -0.25) is 10.1 Å². The monoisotopic (exact) mass is 444 g/mol. The first-order valence-corrected chi connectivity index (χ1v) is 10.7. The molecule has 0 radical (unpaired) electrons. The number of non-ortho nitro benzene ring substituents is 1. The summed E-state index contributed by atoms with van der Waals surface area (Å²) in [4.78, 5) is 22.8. The van der Waals surface area contributed by atoms with Gasteiger partial charge in [0, 0.05) is 18.5 Å². The Hall–Kier alpha value is -4.13. The number of amides is 1. The summed E-state index contributed by atoms with van der Waals surface area (Å²) in [5, 5.41) is 13.8. The average Bonchev–Trinajstić information content (AvgIpc) is 3.16. The van der Waals surface area contributed by atoms with E-state index in [1.165, 1.54) is 41.5 Å². The van der Waals surface area contributed by atoms with Crippen LogP contribution in [0.2, 0.25) is 0 Å². The Morgan fingerprint density at radius 2 is 1.73 bits per heavy atom. The van der Waals surface area contributed by atoms with Crippen molar-refractivity contribution in [1.29, 1.82) is 0 Å². The molecule has 1 aliphatic rings. The molecule has 0 bridgehead atoms. The Bertz CT molecular complexity index is 1160. The van der Waals surface area contributed by atoms with Crippen molar-refractivity contribution >= 4 is 17.9 Å². The summed E-state index contributed by atoms with van der Waals surface area (Å²) in [7, 11) is 1.46. The standard InChI is InChI=1S/C26H24N2O5/c1-32-20-15-18(14-19(16-20)28(30)31)8-6-7-13-27-26(29)33-17-25-23-11-4-2-9-21(23)22-10-3-5-12-24(22)25/h2-6,8-12,14-16,25H,7,13,17H2,1H3,(H,27,29). The Morgan fingerprint density at radius 1 is 1.06 bits per heavy atom. The van der Waals surface area contributed by atoms with Gasteiger partial charge in [-0.2, -0.15) is 0 Å². The molecule has 7 nitrogen and oxygen atoms in total. The quantitative estimate of drug-likeness (QED) is 0.280. The smallest absolute Gasteiger partial charge is 0.407 e. The number of carbonyl (C=O) groups excluding carboxylic acids is 1. The van der Waals surface area contributed by atoms with E-state index >= 15 is 0 Å². The number of fused-ring (bicyclic) bond motifs is 3. The van der Waals surface area contributed by atoms with Gasteiger partial charge in [-0.1, -0.05) is 60.7 Å².